The molecule has 7 heterocycles. The average Bonchev–Trinajstić information content (AvgIpc) is 1.47. The Labute approximate surface area is 736 Å². The van der Waals surface area contributed by atoms with Gasteiger partial charge in [-0.25, -0.2) is 14.4 Å². The van der Waals surface area contributed by atoms with E-state index in [9.17, 15) is 28.8 Å². The molecule has 0 bridgehead atoms. The third-order valence-electron chi connectivity index (χ3n) is 21.2. The maximum atomic E-state index is 13.8. The fourth-order valence-corrected chi connectivity index (χ4v) is 14.9. The second-order valence-corrected chi connectivity index (χ2v) is 34.5. The van der Waals surface area contributed by atoms with Gasteiger partial charge in [0.05, 0.1) is 41.0 Å². The summed E-state index contributed by atoms with van der Waals surface area (Å²) in [5.41, 5.74) is 20.0. The van der Waals surface area contributed by atoms with Crippen molar-refractivity contribution in [2.24, 2.45) is 0 Å². The van der Waals surface area contributed by atoms with Crippen molar-refractivity contribution in [1.82, 2.24) is 55.5 Å². The summed E-state index contributed by atoms with van der Waals surface area (Å²) in [7, 11) is 0. The van der Waals surface area contributed by atoms with Crippen molar-refractivity contribution in [3.8, 4) is 50.6 Å². The molecule has 0 saturated heterocycles. The molecule has 0 aliphatic carbocycles. The van der Waals surface area contributed by atoms with Crippen molar-refractivity contribution in [2.45, 2.75) is 164 Å². The van der Waals surface area contributed by atoms with E-state index < -0.39 is 29.0 Å². The Morgan fingerprint density at radius 2 is 0.794 bits per heavy atom. The van der Waals surface area contributed by atoms with Crippen molar-refractivity contribution in [2.75, 3.05) is 39.3 Å². The molecule has 0 spiro atoms. The van der Waals surface area contributed by atoms with Gasteiger partial charge in [0.2, 0.25) is 0 Å². The molecular formula is C103H111N11O12. The largest absolute Gasteiger partial charge is 0.488 e. The first-order valence-corrected chi connectivity index (χ1v) is 42.9. The molecular weight excluding hydrogens is 1580 g/mol. The maximum absolute atomic E-state index is 13.8. The number of hydrogen-bond acceptors (Lipinski definition) is 18. The summed E-state index contributed by atoms with van der Waals surface area (Å²) in [6.45, 7) is 24.5. The minimum Gasteiger partial charge on any atom is -0.488 e. The number of Topliss-reactive ketones (excluding diaryl/α,β-unsaturated/α-hetero) is 3. The molecule has 1 amide bonds. The number of carbonyl (C=O) groups is 6. The van der Waals surface area contributed by atoms with Crippen molar-refractivity contribution in [1.29, 1.82) is 0 Å². The highest BCUT2D eigenvalue weighted by Gasteiger charge is 2.28. The number of ether oxygens (including phenoxy) is 6. The zero-order valence-corrected chi connectivity index (χ0v) is 73.4. The highest BCUT2D eigenvalue weighted by molar-refractivity contribution is 6.02. The number of hydrogen-bond donors (Lipinski definition) is 4. The highest BCUT2D eigenvalue weighted by atomic mass is 16.6. The first-order chi connectivity index (χ1) is 60.7. The summed E-state index contributed by atoms with van der Waals surface area (Å²) in [6.07, 6.45) is 17.0. The van der Waals surface area contributed by atoms with Crippen molar-refractivity contribution >= 4 is 35.6 Å². The van der Waals surface area contributed by atoms with Gasteiger partial charge in [0.25, 0.3) is 0 Å². The Kier molecular flexibility index (Phi) is 30.1. The molecule has 4 aromatic heterocycles. The van der Waals surface area contributed by atoms with Crippen LogP contribution in [0.15, 0.2) is 250 Å². The minimum atomic E-state index is -0.651. The SMILES string of the molecule is CC(C)(C)OC(=O)N1CCc2ccc(CC(=O)c3ccc(-c4cnn(C(=O)OC(C)(C)C)c4)cc3OCc3ccccc3)cc2CC1.Cc1ccn(C(=O)OC(C)(C)C)n1.O=C(Cc1ccc2c(c1)CCNCC2)c1ccc(-c2cn[nH]c2)cc1OCc1ccccc1.O=C(Cc1cccc2c1CCNCC2)c1ccc(-c2cn[nH]c2)cc1OCc1ccccc1. The van der Waals surface area contributed by atoms with E-state index in [-0.39, 0.29) is 36.5 Å². The Morgan fingerprint density at radius 3 is 1.25 bits per heavy atom. The predicted octanol–water partition coefficient (Wildman–Crippen LogP) is 19.2. The molecule has 650 valence electrons. The maximum Gasteiger partial charge on any atom is 0.435 e. The molecule has 23 heteroatoms. The fourth-order valence-electron chi connectivity index (χ4n) is 14.9. The quantitative estimate of drug-likeness (QED) is 0.0384. The van der Waals surface area contributed by atoms with E-state index in [0.717, 1.165) is 135 Å². The molecule has 0 unspecified atom stereocenters. The molecule has 13 aromatic rings. The standard InChI is InChI=1S/C38H43N3O6.2C28H27N3O2.C9H14N2O2/c1-37(2,3)46-35(43)40-18-16-28-13-12-27(20-30(28)17-19-40)21-33(42)32-15-14-29(22-34(32)45-25-26-10-8-7-9-11-26)31-23-39-41(24-31)36(44)47-38(4,5)6;32-27(15-23-8-4-7-21-11-13-29-14-12-25(21)23)26-10-9-22(24-17-30-31-18-24)16-28(26)33-19-20-5-2-1-3-6-20;32-27(15-21-6-7-22-10-12-29-13-11-24(22)14-21)26-9-8-23(25-17-30-31-18-25)16-28(26)33-19-20-4-2-1-3-5-20;1-7-5-6-11(10-7)8(12)13-9(2,3)4/h7-15,20,22-24H,16-19,21,25H2,1-6H3;1-10,16-18,29H,11-15,19H2,(H,30,31);1-9,14,16-18,29H,10-13,15,19H2,(H,30,31);5-6H,1-4H3. The molecule has 4 N–H and O–H groups in total. The van der Waals surface area contributed by atoms with Crippen LogP contribution in [0.5, 0.6) is 17.2 Å². The molecule has 126 heavy (non-hydrogen) atoms. The summed E-state index contributed by atoms with van der Waals surface area (Å²) in [5.74, 6) is 1.70. The number of nitrogens with zero attached hydrogens (tertiary/aromatic N) is 7. The monoisotopic (exact) mass is 1690 g/mol. The lowest BCUT2D eigenvalue weighted by Crippen LogP contribution is -2.38. The first kappa shape index (κ1) is 90.1. The molecule has 0 fully saturated rings. The highest BCUT2D eigenvalue weighted by Crippen LogP contribution is 2.35. The van der Waals surface area contributed by atoms with E-state index in [2.05, 4.69) is 89.8 Å². The number of benzene rings is 9. The van der Waals surface area contributed by atoms with Gasteiger partial charge in [-0.2, -0.15) is 29.8 Å². The van der Waals surface area contributed by atoms with Crippen LogP contribution in [-0.2, 0) is 91.8 Å². The van der Waals surface area contributed by atoms with Gasteiger partial charge in [-0.1, -0.05) is 164 Å². The zero-order valence-electron chi connectivity index (χ0n) is 73.4. The molecule has 0 saturated carbocycles. The van der Waals surface area contributed by atoms with Crippen LogP contribution in [0.4, 0.5) is 14.4 Å². The topological polar surface area (TPSA) is 278 Å². The Hall–Kier alpha value is -13.6. The van der Waals surface area contributed by atoms with Gasteiger partial charge in [-0.05, 0) is 260 Å². The third-order valence-corrected chi connectivity index (χ3v) is 21.2. The van der Waals surface area contributed by atoms with E-state index >= 15 is 0 Å². The van der Waals surface area contributed by atoms with E-state index in [1.807, 2.05) is 206 Å². The predicted molar refractivity (Wildman–Crippen MR) is 487 cm³/mol. The van der Waals surface area contributed by atoms with Crippen LogP contribution in [0.25, 0.3) is 33.4 Å². The van der Waals surface area contributed by atoms with Gasteiger partial charge >= 0.3 is 18.3 Å². The van der Waals surface area contributed by atoms with E-state index in [1.165, 1.54) is 32.5 Å². The summed E-state index contributed by atoms with van der Waals surface area (Å²) >= 11 is 0. The van der Waals surface area contributed by atoms with Gasteiger partial charge in [-0.3, -0.25) is 24.6 Å². The number of aryl methyl sites for hydroxylation is 1. The molecule has 0 atom stereocenters. The van der Waals surface area contributed by atoms with Crippen LogP contribution in [0, 0.1) is 6.92 Å². The fraction of sp³-hybridized carbons (Fsp3) is 0.301. The number of fused-ring (bicyclic) bond motifs is 3. The average molecular weight is 1700 g/mol. The van der Waals surface area contributed by atoms with Crippen molar-refractivity contribution < 1.29 is 57.2 Å². The lowest BCUT2D eigenvalue weighted by Gasteiger charge is -2.26. The summed E-state index contributed by atoms with van der Waals surface area (Å²) < 4.78 is 37.1. The molecule has 23 nitrogen and oxygen atoms in total. The Morgan fingerprint density at radius 1 is 0.373 bits per heavy atom. The van der Waals surface area contributed by atoms with E-state index in [1.54, 1.807) is 68.8 Å². The number of aromatic amines is 2. The molecule has 16 rings (SSSR count). The van der Waals surface area contributed by atoms with Crippen LogP contribution in [0.2, 0.25) is 0 Å². The van der Waals surface area contributed by atoms with Crippen molar-refractivity contribution in [3.63, 3.8) is 0 Å². The summed E-state index contributed by atoms with van der Waals surface area (Å²) in [4.78, 5) is 79.0. The summed E-state index contributed by atoms with van der Waals surface area (Å²) in [6, 6.07) is 67.4. The van der Waals surface area contributed by atoms with E-state index in [0.29, 0.717) is 85.1 Å². The lowest BCUT2D eigenvalue weighted by atomic mass is 9.92. The van der Waals surface area contributed by atoms with Gasteiger partial charge in [0.1, 0.15) is 53.9 Å². The molecule has 3 aliphatic heterocycles. The Bertz CT molecular complexity index is 5860. The normalized spacial score (nSPS) is 13.1. The smallest absolute Gasteiger partial charge is 0.435 e. The Balaban J connectivity index is 0.000000153. The third kappa shape index (κ3) is 26.0. The number of amides is 1. The van der Waals surface area contributed by atoms with Gasteiger partial charge in [0, 0.05) is 73.8 Å². The van der Waals surface area contributed by atoms with Crippen LogP contribution >= 0.6 is 0 Å². The zero-order chi connectivity index (χ0) is 88.7. The van der Waals surface area contributed by atoms with Crippen LogP contribution < -0.4 is 24.8 Å². The number of carbonyl (C=O) groups excluding carboxylic acids is 6. The molecule has 9 aromatic carbocycles. The molecule has 0 radical (unpaired) electrons. The number of rotatable bonds is 21. The van der Waals surface area contributed by atoms with Gasteiger partial charge in [0.15, 0.2) is 17.3 Å². The van der Waals surface area contributed by atoms with E-state index in [4.69, 9.17) is 28.4 Å². The minimum absolute atomic E-state index is 0.0588. The number of H-pyrrole nitrogens is 2. The number of aromatic nitrogens is 8. The second-order valence-electron chi connectivity index (χ2n) is 34.5. The second kappa shape index (κ2) is 42.2. The van der Waals surface area contributed by atoms with Gasteiger partial charge in [-0.15, -0.1) is 0 Å². The van der Waals surface area contributed by atoms with Crippen LogP contribution in [-0.4, -0.2) is 137 Å². The number of nitrogens with one attached hydrogen (secondary N) is 4. The number of ketones is 3. The van der Waals surface area contributed by atoms with Crippen molar-refractivity contribution in [3.05, 3.63) is 339 Å². The van der Waals surface area contributed by atoms with Gasteiger partial charge < -0.3 is 44.0 Å². The molecule has 3 aliphatic rings. The lowest BCUT2D eigenvalue weighted by molar-refractivity contribution is 0.0257. The van der Waals surface area contributed by atoms with Crippen LogP contribution in [0.3, 0.4) is 0 Å². The summed E-state index contributed by atoms with van der Waals surface area (Å²) in [5, 5.41) is 28.8. The van der Waals surface area contributed by atoms with Crippen LogP contribution in [0.1, 0.15) is 166 Å². The first-order valence-electron chi connectivity index (χ1n) is 42.9.